The molecule has 0 aliphatic rings. The Bertz CT molecular complexity index is 994. The second-order valence-electron chi connectivity index (χ2n) is 5.87. The van der Waals surface area contributed by atoms with Crippen LogP contribution in [0, 0.1) is 0 Å². The summed E-state index contributed by atoms with van der Waals surface area (Å²) in [4.78, 5) is 5.31. The number of hydrogen-bond donors (Lipinski definition) is 0. The van der Waals surface area contributed by atoms with E-state index in [0.717, 1.165) is 12.6 Å². The third-order valence-electron chi connectivity index (χ3n) is 3.92. The molecule has 29 heavy (non-hydrogen) atoms. The van der Waals surface area contributed by atoms with E-state index in [2.05, 4.69) is 5.16 Å². The highest BCUT2D eigenvalue weighted by Crippen LogP contribution is 2.33. The van der Waals surface area contributed by atoms with Gasteiger partial charge in [0.05, 0.1) is 11.4 Å². The Labute approximate surface area is 176 Å². The molecule has 0 N–H and O–H groups in total. The Hall–Kier alpha value is -1.97. The van der Waals surface area contributed by atoms with Crippen LogP contribution in [0.3, 0.4) is 0 Å². The normalized spacial score (nSPS) is 12.7. The lowest BCUT2D eigenvalue weighted by atomic mass is 10.1. The molecule has 0 heterocycles. The second kappa shape index (κ2) is 9.23. The molecular formula is C18H17Cl2F3N2O3S. The van der Waals surface area contributed by atoms with Crippen LogP contribution in [0.1, 0.15) is 24.5 Å². The van der Waals surface area contributed by atoms with Crippen LogP contribution in [0.5, 0.6) is 0 Å². The minimum absolute atomic E-state index is 0.0905. The molecule has 11 heteroatoms. The molecule has 0 atom stereocenters. The maximum atomic E-state index is 13.0. The third kappa shape index (κ3) is 5.55. The number of oxime groups is 1. The van der Waals surface area contributed by atoms with E-state index in [9.17, 15) is 21.6 Å². The Balaban J connectivity index is 2.38. The van der Waals surface area contributed by atoms with Gasteiger partial charge in [-0.3, -0.25) is 4.31 Å². The van der Waals surface area contributed by atoms with Gasteiger partial charge >= 0.3 is 15.5 Å². The first-order valence-electron chi connectivity index (χ1n) is 8.25. The SMILES string of the molecule is CCC(=NOCc1ccc(Cl)cc1)c1cc(Cl)ccc1N(C)S(=O)(=O)C(F)(F)F. The summed E-state index contributed by atoms with van der Waals surface area (Å²) < 4.78 is 62.7. The number of halogens is 5. The van der Waals surface area contributed by atoms with Crippen molar-refractivity contribution >= 4 is 44.6 Å². The predicted molar refractivity (Wildman–Crippen MR) is 108 cm³/mol. The van der Waals surface area contributed by atoms with Gasteiger partial charge in [-0.1, -0.05) is 47.4 Å². The van der Waals surface area contributed by atoms with Crippen LogP contribution in [0.15, 0.2) is 47.6 Å². The molecule has 0 spiro atoms. The monoisotopic (exact) mass is 468 g/mol. The van der Waals surface area contributed by atoms with E-state index in [4.69, 9.17) is 28.0 Å². The van der Waals surface area contributed by atoms with Crippen molar-refractivity contribution < 1.29 is 26.4 Å². The van der Waals surface area contributed by atoms with E-state index in [-0.39, 0.29) is 39.3 Å². The van der Waals surface area contributed by atoms with Gasteiger partial charge in [0, 0.05) is 22.7 Å². The van der Waals surface area contributed by atoms with Crippen LogP contribution in [-0.2, 0) is 21.5 Å². The van der Waals surface area contributed by atoms with E-state index in [1.54, 1.807) is 31.2 Å². The van der Waals surface area contributed by atoms with Gasteiger partial charge in [0.25, 0.3) is 0 Å². The lowest BCUT2D eigenvalue weighted by Gasteiger charge is -2.23. The molecule has 0 amide bonds. The van der Waals surface area contributed by atoms with Gasteiger partial charge in [0.2, 0.25) is 0 Å². The smallest absolute Gasteiger partial charge is 0.391 e. The topological polar surface area (TPSA) is 59.0 Å². The fraction of sp³-hybridized carbons (Fsp3) is 0.278. The summed E-state index contributed by atoms with van der Waals surface area (Å²) in [5.41, 5.74) is -4.54. The van der Waals surface area contributed by atoms with E-state index < -0.39 is 15.5 Å². The molecule has 158 valence electrons. The number of alkyl halides is 3. The Kier molecular flexibility index (Phi) is 7.42. The molecule has 0 fully saturated rings. The summed E-state index contributed by atoms with van der Waals surface area (Å²) in [6.07, 6.45) is 0.258. The van der Waals surface area contributed by atoms with Crippen molar-refractivity contribution in [2.75, 3.05) is 11.4 Å². The fourth-order valence-corrected chi connectivity index (χ4v) is 3.40. The lowest BCUT2D eigenvalue weighted by Crippen LogP contribution is -2.38. The molecule has 0 saturated carbocycles. The summed E-state index contributed by atoms with van der Waals surface area (Å²) in [5.74, 6) is 0. The van der Waals surface area contributed by atoms with Crippen molar-refractivity contribution in [2.45, 2.75) is 25.5 Å². The molecule has 2 rings (SSSR count). The minimum atomic E-state index is -5.59. The number of rotatable bonds is 7. The lowest BCUT2D eigenvalue weighted by molar-refractivity contribution is -0.0437. The van der Waals surface area contributed by atoms with Crippen LogP contribution in [0.25, 0.3) is 0 Å². The molecule has 0 saturated heterocycles. The van der Waals surface area contributed by atoms with Crippen molar-refractivity contribution in [2.24, 2.45) is 5.16 Å². The van der Waals surface area contributed by atoms with Crippen LogP contribution in [-0.4, -0.2) is 26.7 Å². The van der Waals surface area contributed by atoms with Crippen LogP contribution >= 0.6 is 23.2 Å². The van der Waals surface area contributed by atoms with Crippen LogP contribution < -0.4 is 4.31 Å². The average molecular weight is 469 g/mol. The Morgan fingerprint density at radius 2 is 1.69 bits per heavy atom. The van der Waals surface area contributed by atoms with E-state index in [1.807, 2.05) is 0 Å². The fourth-order valence-electron chi connectivity index (χ4n) is 2.37. The quantitative estimate of drug-likeness (QED) is 0.391. The van der Waals surface area contributed by atoms with Crippen molar-refractivity contribution in [3.8, 4) is 0 Å². The van der Waals surface area contributed by atoms with Gasteiger partial charge in [-0.2, -0.15) is 21.6 Å². The Morgan fingerprint density at radius 3 is 2.24 bits per heavy atom. The molecule has 0 aliphatic heterocycles. The van der Waals surface area contributed by atoms with E-state index >= 15 is 0 Å². The third-order valence-corrected chi connectivity index (χ3v) is 5.91. The maximum absolute atomic E-state index is 13.0. The summed E-state index contributed by atoms with van der Waals surface area (Å²) in [7, 11) is -4.78. The zero-order valence-electron chi connectivity index (χ0n) is 15.4. The number of hydrogen-bond acceptors (Lipinski definition) is 4. The molecule has 2 aromatic carbocycles. The summed E-state index contributed by atoms with van der Waals surface area (Å²) in [5, 5.41) is 4.75. The van der Waals surface area contributed by atoms with Gasteiger partial charge in [-0.15, -0.1) is 0 Å². The number of anilines is 1. The molecule has 0 unspecified atom stereocenters. The molecule has 2 aromatic rings. The number of nitrogens with zero attached hydrogens (tertiary/aromatic N) is 2. The largest absolute Gasteiger partial charge is 0.516 e. The highest BCUT2D eigenvalue weighted by Gasteiger charge is 2.49. The van der Waals surface area contributed by atoms with Gasteiger partial charge in [-0.25, -0.2) is 0 Å². The van der Waals surface area contributed by atoms with Gasteiger partial charge in [0.1, 0.15) is 6.61 Å². The van der Waals surface area contributed by atoms with Crippen LogP contribution in [0.2, 0.25) is 10.0 Å². The number of benzene rings is 2. The highest BCUT2D eigenvalue weighted by atomic mass is 35.5. The van der Waals surface area contributed by atoms with E-state index in [1.165, 1.54) is 18.2 Å². The standard InChI is InChI=1S/C18H17Cl2F3N2O3S/c1-3-16(24-28-11-12-4-6-13(19)7-5-12)15-10-14(20)8-9-17(15)25(2)29(26,27)18(21,22)23/h4-10H,3,11H2,1-2H3. The molecule has 0 bridgehead atoms. The molecule has 5 nitrogen and oxygen atoms in total. The highest BCUT2D eigenvalue weighted by molar-refractivity contribution is 7.93. The Morgan fingerprint density at radius 1 is 1.10 bits per heavy atom. The molecule has 0 radical (unpaired) electrons. The van der Waals surface area contributed by atoms with Crippen molar-refractivity contribution in [1.82, 2.24) is 0 Å². The first kappa shape index (κ1) is 23.3. The van der Waals surface area contributed by atoms with Crippen molar-refractivity contribution in [3.05, 3.63) is 63.6 Å². The minimum Gasteiger partial charge on any atom is -0.391 e. The average Bonchev–Trinajstić information content (AvgIpc) is 2.65. The van der Waals surface area contributed by atoms with Gasteiger partial charge in [0.15, 0.2) is 0 Å². The summed E-state index contributed by atoms with van der Waals surface area (Å²) >= 11 is 11.8. The predicted octanol–water partition coefficient (Wildman–Crippen LogP) is 5.61. The maximum Gasteiger partial charge on any atom is 0.516 e. The van der Waals surface area contributed by atoms with Crippen molar-refractivity contribution in [3.63, 3.8) is 0 Å². The second-order valence-corrected chi connectivity index (χ2v) is 8.70. The van der Waals surface area contributed by atoms with E-state index in [0.29, 0.717) is 5.02 Å². The van der Waals surface area contributed by atoms with Crippen molar-refractivity contribution in [1.29, 1.82) is 0 Å². The van der Waals surface area contributed by atoms with Gasteiger partial charge in [-0.05, 0) is 42.3 Å². The van der Waals surface area contributed by atoms with Crippen LogP contribution in [0.4, 0.5) is 18.9 Å². The molecular weight excluding hydrogens is 452 g/mol. The summed E-state index contributed by atoms with van der Waals surface area (Å²) in [6, 6.07) is 10.6. The summed E-state index contributed by atoms with van der Waals surface area (Å²) in [6.45, 7) is 1.79. The molecule has 0 aliphatic carbocycles. The first-order chi connectivity index (χ1) is 13.5. The number of sulfonamides is 1. The van der Waals surface area contributed by atoms with Gasteiger partial charge < -0.3 is 4.84 Å². The zero-order chi connectivity index (χ0) is 21.8. The zero-order valence-corrected chi connectivity index (χ0v) is 17.7. The first-order valence-corrected chi connectivity index (χ1v) is 10.5. The molecule has 0 aromatic heterocycles.